The molecule has 0 amide bonds. The van der Waals surface area contributed by atoms with E-state index in [4.69, 9.17) is 9.47 Å². The third-order valence-electron chi connectivity index (χ3n) is 3.28. The molecule has 4 heteroatoms. The number of anilines is 1. The van der Waals surface area contributed by atoms with Gasteiger partial charge in [0.2, 0.25) is 0 Å². The summed E-state index contributed by atoms with van der Waals surface area (Å²) in [6.07, 6.45) is 0.875. The van der Waals surface area contributed by atoms with Crippen LogP contribution in [-0.4, -0.2) is 20.3 Å². The molecule has 0 aliphatic rings. The molecule has 1 atom stereocenters. The first kappa shape index (κ1) is 15.7. The van der Waals surface area contributed by atoms with Crippen LogP contribution in [0.2, 0.25) is 0 Å². The third kappa shape index (κ3) is 4.14. The van der Waals surface area contributed by atoms with Crippen molar-refractivity contribution in [2.75, 3.05) is 19.5 Å². The normalized spacial score (nSPS) is 11.8. The Labute approximate surface area is 134 Å². The van der Waals surface area contributed by atoms with Crippen LogP contribution in [0.1, 0.15) is 12.5 Å². The summed E-state index contributed by atoms with van der Waals surface area (Å²) in [5.41, 5.74) is 2.17. The predicted molar refractivity (Wildman–Crippen MR) is 90.5 cm³/mol. The molecule has 0 fully saturated rings. The molecular weight excluding hydrogens is 330 g/mol. The van der Waals surface area contributed by atoms with E-state index in [1.807, 2.05) is 36.4 Å². The average Bonchev–Trinajstić information content (AvgIpc) is 2.48. The van der Waals surface area contributed by atoms with Crippen LogP contribution in [0.4, 0.5) is 5.69 Å². The van der Waals surface area contributed by atoms with Crippen LogP contribution in [0, 0.1) is 0 Å². The first-order chi connectivity index (χ1) is 10.1. The minimum Gasteiger partial charge on any atom is -0.496 e. The molecule has 1 unspecified atom stereocenters. The summed E-state index contributed by atoms with van der Waals surface area (Å²) in [6, 6.07) is 14.3. The standard InChI is InChI=1S/C17H20BrNO2/c1-12(10-13-6-4-5-7-16(13)20-2)19-15-11-14(18)8-9-17(15)21-3/h4-9,11-12,19H,10H2,1-3H3. The maximum atomic E-state index is 5.40. The van der Waals surface area contributed by atoms with Gasteiger partial charge in [0.15, 0.2) is 0 Å². The molecule has 0 aromatic heterocycles. The van der Waals surface area contributed by atoms with Crippen molar-refractivity contribution in [3.8, 4) is 11.5 Å². The highest BCUT2D eigenvalue weighted by Crippen LogP contribution is 2.29. The molecule has 0 spiro atoms. The maximum Gasteiger partial charge on any atom is 0.142 e. The summed E-state index contributed by atoms with van der Waals surface area (Å²) < 4.78 is 11.8. The topological polar surface area (TPSA) is 30.5 Å². The van der Waals surface area contributed by atoms with Crippen LogP contribution in [0.5, 0.6) is 11.5 Å². The van der Waals surface area contributed by atoms with Crippen molar-refractivity contribution >= 4 is 21.6 Å². The van der Waals surface area contributed by atoms with Gasteiger partial charge in [-0.25, -0.2) is 0 Å². The second-order valence-electron chi connectivity index (χ2n) is 4.91. The molecule has 112 valence electrons. The van der Waals surface area contributed by atoms with Crippen LogP contribution < -0.4 is 14.8 Å². The van der Waals surface area contributed by atoms with Gasteiger partial charge in [-0.2, -0.15) is 0 Å². The highest BCUT2D eigenvalue weighted by molar-refractivity contribution is 9.10. The molecule has 21 heavy (non-hydrogen) atoms. The van der Waals surface area contributed by atoms with Crippen molar-refractivity contribution in [1.82, 2.24) is 0 Å². The summed E-state index contributed by atoms with van der Waals surface area (Å²) in [7, 11) is 3.38. The Hall–Kier alpha value is -1.68. The first-order valence-corrected chi connectivity index (χ1v) is 7.65. The van der Waals surface area contributed by atoms with Gasteiger partial charge in [-0.1, -0.05) is 34.1 Å². The summed E-state index contributed by atoms with van der Waals surface area (Å²) in [5.74, 6) is 1.76. The minimum atomic E-state index is 0.254. The van der Waals surface area contributed by atoms with Crippen molar-refractivity contribution in [2.24, 2.45) is 0 Å². The van der Waals surface area contributed by atoms with E-state index in [1.165, 1.54) is 5.56 Å². The fourth-order valence-corrected chi connectivity index (χ4v) is 2.67. The number of hydrogen-bond donors (Lipinski definition) is 1. The molecule has 0 saturated heterocycles. The monoisotopic (exact) mass is 349 g/mol. The number of para-hydroxylation sites is 1. The number of methoxy groups -OCH3 is 2. The Morgan fingerprint density at radius 1 is 1.05 bits per heavy atom. The van der Waals surface area contributed by atoms with Gasteiger partial charge >= 0.3 is 0 Å². The van der Waals surface area contributed by atoms with Crippen molar-refractivity contribution in [1.29, 1.82) is 0 Å². The quantitative estimate of drug-likeness (QED) is 0.832. The van der Waals surface area contributed by atoms with E-state index in [0.29, 0.717) is 0 Å². The third-order valence-corrected chi connectivity index (χ3v) is 3.78. The van der Waals surface area contributed by atoms with E-state index in [1.54, 1.807) is 14.2 Å². The van der Waals surface area contributed by atoms with Gasteiger partial charge < -0.3 is 14.8 Å². The van der Waals surface area contributed by atoms with E-state index in [9.17, 15) is 0 Å². The van der Waals surface area contributed by atoms with Crippen LogP contribution in [0.15, 0.2) is 46.9 Å². The van der Waals surface area contributed by atoms with Crippen LogP contribution in [0.25, 0.3) is 0 Å². The average molecular weight is 350 g/mol. The highest BCUT2D eigenvalue weighted by Gasteiger charge is 2.10. The molecule has 0 aliphatic heterocycles. The summed E-state index contributed by atoms with van der Waals surface area (Å²) in [5, 5.41) is 3.49. The molecule has 0 radical (unpaired) electrons. The molecule has 0 bridgehead atoms. The van der Waals surface area contributed by atoms with Gasteiger partial charge in [-0.3, -0.25) is 0 Å². The van der Waals surface area contributed by atoms with Gasteiger partial charge in [0.1, 0.15) is 11.5 Å². The Kier molecular flexibility index (Phi) is 5.51. The number of benzene rings is 2. The number of nitrogens with one attached hydrogen (secondary N) is 1. The second-order valence-corrected chi connectivity index (χ2v) is 5.82. The van der Waals surface area contributed by atoms with E-state index in [2.05, 4.69) is 34.2 Å². The Morgan fingerprint density at radius 2 is 1.76 bits per heavy atom. The number of rotatable bonds is 6. The Balaban J connectivity index is 2.11. The highest BCUT2D eigenvalue weighted by atomic mass is 79.9. The molecule has 0 saturated carbocycles. The largest absolute Gasteiger partial charge is 0.496 e. The molecule has 0 heterocycles. The predicted octanol–water partition coefficient (Wildman–Crippen LogP) is 4.51. The first-order valence-electron chi connectivity index (χ1n) is 6.86. The van der Waals surface area contributed by atoms with Crippen LogP contribution >= 0.6 is 15.9 Å². The second kappa shape index (κ2) is 7.36. The van der Waals surface area contributed by atoms with E-state index in [0.717, 1.165) is 28.1 Å². The zero-order valence-electron chi connectivity index (χ0n) is 12.5. The lowest BCUT2D eigenvalue weighted by Crippen LogP contribution is -2.19. The minimum absolute atomic E-state index is 0.254. The molecule has 2 rings (SSSR count). The molecule has 2 aromatic carbocycles. The van der Waals surface area contributed by atoms with E-state index < -0.39 is 0 Å². The van der Waals surface area contributed by atoms with E-state index >= 15 is 0 Å². The summed E-state index contributed by atoms with van der Waals surface area (Å²) in [4.78, 5) is 0. The molecule has 2 aromatic rings. The summed E-state index contributed by atoms with van der Waals surface area (Å²) >= 11 is 3.49. The van der Waals surface area contributed by atoms with E-state index in [-0.39, 0.29) is 6.04 Å². The van der Waals surface area contributed by atoms with Crippen molar-refractivity contribution < 1.29 is 9.47 Å². The lowest BCUT2D eigenvalue weighted by molar-refractivity contribution is 0.408. The van der Waals surface area contributed by atoms with Gasteiger partial charge in [0.25, 0.3) is 0 Å². The fourth-order valence-electron chi connectivity index (χ4n) is 2.31. The zero-order valence-corrected chi connectivity index (χ0v) is 14.1. The van der Waals surface area contributed by atoms with Crippen LogP contribution in [-0.2, 0) is 6.42 Å². The van der Waals surface area contributed by atoms with Gasteiger partial charge in [-0.05, 0) is 43.2 Å². The number of hydrogen-bond acceptors (Lipinski definition) is 3. The van der Waals surface area contributed by atoms with Crippen molar-refractivity contribution in [3.05, 3.63) is 52.5 Å². The van der Waals surface area contributed by atoms with Gasteiger partial charge in [0, 0.05) is 10.5 Å². The van der Waals surface area contributed by atoms with Crippen LogP contribution in [0.3, 0.4) is 0 Å². The van der Waals surface area contributed by atoms with Crippen molar-refractivity contribution in [3.63, 3.8) is 0 Å². The SMILES string of the molecule is COc1ccccc1CC(C)Nc1cc(Br)ccc1OC. The van der Waals surface area contributed by atoms with Gasteiger partial charge in [0.05, 0.1) is 19.9 Å². The smallest absolute Gasteiger partial charge is 0.142 e. The lowest BCUT2D eigenvalue weighted by atomic mass is 10.1. The molecule has 0 aliphatic carbocycles. The lowest BCUT2D eigenvalue weighted by Gasteiger charge is -2.19. The molecule has 1 N–H and O–H groups in total. The zero-order chi connectivity index (χ0) is 15.2. The molecule has 3 nitrogen and oxygen atoms in total. The summed E-state index contributed by atoms with van der Waals surface area (Å²) in [6.45, 7) is 2.15. The van der Waals surface area contributed by atoms with Gasteiger partial charge in [-0.15, -0.1) is 0 Å². The maximum absolute atomic E-state index is 5.40. The Bertz CT molecular complexity index is 601. The number of ether oxygens (including phenoxy) is 2. The fraction of sp³-hybridized carbons (Fsp3) is 0.294. The number of halogens is 1. The van der Waals surface area contributed by atoms with Crippen molar-refractivity contribution in [2.45, 2.75) is 19.4 Å². The Morgan fingerprint density at radius 3 is 2.48 bits per heavy atom. The molecular formula is C17H20BrNO2.